The highest BCUT2D eigenvalue weighted by molar-refractivity contribution is 6.32. The van der Waals surface area contributed by atoms with E-state index in [1.807, 2.05) is 12.1 Å². The highest BCUT2D eigenvalue weighted by Gasteiger charge is 2.34. The molecule has 0 aliphatic heterocycles. The highest BCUT2D eigenvalue weighted by atomic mass is 35.5. The molecule has 2 nitrogen and oxygen atoms in total. The maximum atomic E-state index is 10.5. The van der Waals surface area contributed by atoms with E-state index in [1.165, 1.54) is 11.3 Å². The smallest absolute Gasteiger partial charge is 0.0812 e. The van der Waals surface area contributed by atoms with Crippen LogP contribution in [0.4, 0.5) is 0 Å². The first kappa shape index (κ1) is 14.7. The largest absolute Gasteiger partial charge is 0.388 e. The highest BCUT2D eigenvalue weighted by Crippen LogP contribution is 2.43. The fourth-order valence-electron chi connectivity index (χ4n) is 3.47. The van der Waals surface area contributed by atoms with Crippen molar-refractivity contribution in [2.45, 2.75) is 46.6 Å². The molecule has 2 aromatic rings. The molecule has 1 unspecified atom stereocenters. The van der Waals surface area contributed by atoms with Gasteiger partial charge in [0, 0.05) is 17.0 Å². The average Bonchev–Trinajstić information content (AvgIpc) is 2.68. The fraction of sp³-hybridized carbons (Fsp3) is 0.444. The van der Waals surface area contributed by atoms with Gasteiger partial charge in [0.25, 0.3) is 0 Å². The molecule has 1 aliphatic carbocycles. The molecule has 0 amide bonds. The van der Waals surface area contributed by atoms with Crippen LogP contribution >= 0.6 is 11.6 Å². The van der Waals surface area contributed by atoms with E-state index in [2.05, 4.69) is 44.4 Å². The monoisotopic (exact) mass is 303 g/mol. The van der Waals surface area contributed by atoms with E-state index in [-0.39, 0.29) is 11.5 Å². The van der Waals surface area contributed by atoms with Gasteiger partial charge in [-0.3, -0.25) is 0 Å². The normalized spacial score (nSPS) is 20.4. The number of halogens is 1. The lowest BCUT2D eigenvalue weighted by molar-refractivity contribution is 0.0987. The molecule has 1 N–H and O–H groups in total. The number of benzene rings is 1. The number of aliphatic hydroxyl groups is 1. The zero-order valence-corrected chi connectivity index (χ0v) is 13.8. The maximum Gasteiger partial charge on any atom is 0.0812 e. The first-order valence-electron chi connectivity index (χ1n) is 7.44. The van der Waals surface area contributed by atoms with Crippen LogP contribution in [0.15, 0.2) is 24.3 Å². The standard InChI is InChI=1S/C18H22ClNO/c1-11-5-6-14(19)15(7-11)20-12(2)8-13-16(20)9-18(3,4)10-17(13)21/h5-8,17,21H,9-10H2,1-4H3. The van der Waals surface area contributed by atoms with Crippen LogP contribution in [0.3, 0.4) is 0 Å². The second-order valence-corrected chi connectivity index (χ2v) is 7.45. The third-order valence-electron chi connectivity index (χ3n) is 4.41. The lowest BCUT2D eigenvalue weighted by atomic mass is 9.75. The summed E-state index contributed by atoms with van der Waals surface area (Å²) in [6, 6.07) is 8.19. The van der Waals surface area contributed by atoms with Crippen molar-refractivity contribution in [1.29, 1.82) is 0 Å². The van der Waals surface area contributed by atoms with Gasteiger partial charge in [-0.25, -0.2) is 0 Å². The quantitative estimate of drug-likeness (QED) is 0.808. The van der Waals surface area contributed by atoms with Crippen LogP contribution in [0.2, 0.25) is 5.02 Å². The molecule has 0 fully saturated rings. The SMILES string of the molecule is Cc1ccc(Cl)c(-n2c(C)cc3c2CC(C)(C)CC3O)c1. The summed E-state index contributed by atoms with van der Waals surface area (Å²) in [6.45, 7) is 8.58. The molecule has 1 heterocycles. The van der Waals surface area contributed by atoms with Gasteiger partial charge < -0.3 is 9.67 Å². The molecular formula is C18H22ClNO. The Labute approximate surface area is 131 Å². The topological polar surface area (TPSA) is 25.2 Å². The Balaban J connectivity index is 2.23. The van der Waals surface area contributed by atoms with Crippen LogP contribution in [0.5, 0.6) is 0 Å². The summed E-state index contributed by atoms with van der Waals surface area (Å²) in [6.07, 6.45) is 1.38. The van der Waals surface area contributed by atoms with Crippen LogP contribution in [0.25, 0.3) is 5.69 Å². The van der Waals surface area contributed by atoms with Gasteiger partial charge in [0.2, 0.25) is 0 Å². The van der Waals surface area contributed by atoms with Crippen molar-refractivity contribution >= 4 is 11.6 Å². The molecule has 1 aromatic carbocycles. The average molecular weight is 304 g/mol. The van der Waals surface area contributed by atoms with Gasteiger partial charge in [-0.15, -0.1) is 0 Å². The fourth-order valence-corrected chi connectivity index (χ4v) is 3.67. The first-order chi connectivity index (χ1) is 9.78. The van der Waals surface area contributed by atoms with Crippen LogP contribution < -0.4 is 0 Å². The maximum absolute atomic E-state index is 10.5. The minimum Gasteiger partial charge on any atom is -0.388 e. The second kappa shape index (κ2) is 4.89. The molecular weight excluding hydrogens is 282 g/mol. The molecule has 1 aromatic heterocycles. The van der Waals surface area contributed by atoms with Gasteiger partial charge in [-0.2, -0.15) is 0 Å². The van der Waals surface area contributed by atoms with Crippen molar-refractivity contribution in [1.82, 2.24) is 4.57 Å². The third-order valence-corrected chi connectivity index (χ3v) is 4.73. The van der Waals surface area contributed by atoms with Gasteiger partial charge in [-0.1, -0.05) is 31.5 Å². The van der Waals surface area contributed by atoms with Crippen LogP contribution in [0, 0.1) is 19.3 Å². The minimum absolute atomic E-state index is 0.102. The van der Waals surface area contributed by atoms with E-state index < -0.39 is 0 Å². The second-order valence-electron chi connectivity index (χ2n) is 7.04. The molecule has 0 saturated carbocycles. The molecule has 0 bridgehead atoms. The predicted octanol–water partition coefficient (Wildman–Crippen LogP) is 4.75. The van der Waals surface area contributed by atoms with Crippen LogP contribution in [-0.4, -0.2) is 9.67 Å². The van der Waals surface area contributed by atoms with E-state index in [9.17, 15) is 5.11 Å². The summed E-state index contributed by atoms with van der Waals surface area (Å²) in [7, 11) is 0. The summed E-state index contributed by atoms with van der Waals surface area (Å²) in [5.74, 6) is 0. The van der Waals surface area contributed by atoms with Crippen molar-refractivity contribution in [2.75, 3.05) is 0 Å². The number of fused-ring (bicyclic) bond motifs is 1. The van der Waals surface area contributed by atoms with Gasteiger partial charge >= 0.3 is 0 Å². The summed E-state index contributed by atoms with van der Waals surface area (Å²) >= 11 is 6.43. The zero-order valence-electron chi connectivity index (χ0n) is 13.1. The molecule has 0 saturated heterocycles. The Kier molecular flexibility index (Phi) is 3.42. The lowest BCUT2D eigenvalue weighted by Crippen LogP contribution is -2.26. The van der Waals surface area contributed by atoms with Crippen molar-refractivity contribution in [3.8, 4) is 5.69 Å². The van der Waals surface area contributed by atoms with Gasteiger partial charge in [-0.05, 0) is 55.9 Å². The van der Waals surface area contributed by atoms with Crippen molar-refractivity contribution < 1.29 is 5.11 Å². The number of rotatable bonds is 1. The number of hydrogen-bond acceptors (Lipinski definition) is 1. The first-order valence-corrected chi connectivity index (χ1v) is 7.82. The van der Waals surface area contributed by atoms with E-state index in [0.717, 1.165) is 34.8 Å². The Morgan fingerprint density at radius 1 is 1.24 bits per heavy atom. The van der Waals surface area contributed by atoms with Crippen LogP contribution in [-0.2, 0) is 6.42 Å². The molecule has 3 rings (SSSR count). The molecule has 0 spiro atoms. The predicted molar refractivity (Wildman–Crippen MR) is 87.3 cm³/mol. The van der Waals surface area contributed by atoms with Crippen molar-refractivity contribution in [2.24, 2.45) is 5.41 Å². The minimum atomic E-state index is -0.382. The molecule has 112 valence electrons. The van der Waals surface area contributed by atoms with E-state index in [1.54, 1.807) is 0 Å². The Hall–Kier alpha value is -1.25. The van der Waals surface area contributed by atoms with Gasteiger partial charge in [0.1, 0.15) is 0 Å². The lowest BCUT2D eigenvalue weighted by Gasteiger charge is -2.34. The molecule has 0 radical (unpaired) electrons. The Morgan fingerprint density at radius 3 is 2.67 bits per heavy atom. The third kappa shape index (κ3) is 2.51. The Bertz CT molecular complexity index is 699. The summed E-state index contributed by atoms with van der Waals surface area (Å²) in [5, 5.41) is 11.2. The zero-order chi connectivity index (χ0) is 15.4. The van der Waals surface area contributed by atoms with Gasteiger partial charge in [0.15, 0.2) is 0 Å². The summed E-state index contributed by atoms with van der Waals surface area (Å²) in [5.41, 5.74) is 5.69. The number of hydrogen-bond donors (Lipinski definition) is 1. The summed E-state index contributed by atoms with van der Waals surface area (Å²) < 4.78 is 2.22. The van der Waals surface area contributed by atoms with Crippen LogP contribution in [0.1, 0.15) is 48.9 Å². The molecule has 21 heavy (non-hydrogen) atoms. The Morgan fingerprint density at radius 2 is 1.95 bits per heavy atom. The summed E-state index contributed by atoms with van der Waals surface area (Å²) in [4.78, 5) is 0. The van der Waals surface area contributed by atoms with Crippen molar-refractivity contribution in [3.05, 3.63) is 51.8 Å². The number of aliphatic hydroxyl groups excluding tert-OH is 1. The number of nitrogens with zero attached hydrogens (tertiary/aromatic N) is 1. The van der Waals surface area contributed by atoms with E-state index in [0.29, 0.717) is 0 Å². The van der Waals surface area contributed by atoms with E-state index in [4.69, 9.17) is 11.6 Å². The van der Waals surface area contributed by atoms with Gasteiger partial charge in [0.05, 0.1) is 16.8 Å². The molecule has 3 heteroatoms. The molecule has 1 atom stereocenters. The van der Waals surface area contributed by atoms with Crippen molar-refractivity contribution in [3.63, 3.8) is 0 Å². The molecule has 1 aliphatic rings. The number of aromatic nitrogens is 1. The van der Waals surface area contributed by atoms with E-state index >= 15 is 0 Å². The number of aryl methyl sites for hydroxylation is 2.